The Labute approximate surface area is 156 Å². The van der Waals surface area contributed by atoms with Crippen molar-refractivity contribution in [3.05, 3.63) is 28.3 Å². The van der Waals surface area contributed by atoms with Gasteiger partial charge in [-0.1, -0.05) is 6.42 Å². The molecule has 0 aliphatic carbocycles. The molecule has 0 amide bonds. The maximum Gasteiger partial charge on any atom is 0.307 e. The number of hydrogen-bond acceptors (Lipinski definition) is 7. The summed E-state index contributed by atoms with van der Waals surface area (Å²) >= 11 is 0. The zero-order valence-corrected chi connectivity index (χ0v) is 15.1. The number of ketones is 2. The molecule has 2 N–H and O–H groups in total. The number of rotatable bonds is 16. The number of hydrogen-bond donors (Lipinski definition) is 2. The molecule has 1 atom stereocenters. The van der Waals surface area contributed by atoms with Gasteiger partial charge in [0.2, 0.25) is 0 Å². The van der Waals surface area contributed by atoms with Crippen molar-refractivity contribution in [2.75, 3.05) is 6.61 Å². The smallest absolute Gasteiger partial charge is 0.307 e. The van der Waals surface area contributed by atoms with E-state index in [1.54, 1.807) is 0 Å². The van der Waals surface area contributed by atoms with Crippen molar-refractivity contribution in [3.63, 3.8) is 0 Å². The number of carbonyl (C=O) groups is 3. The maximum atomic E-state index is 12.0. The monoisotopic (exact) mass is 383 g/mol. The van der Waals surface area contributed by atoms with Gasteiger partial charge in [0.05, 0.1) is 18.9 Å². The predicted molar refractivity (Wildman–Crippen MR) is 93.3 cm³/mol. The Morgan fingerprint density at radius 2 is 1.85 bits per heavy atom. The highest BCUT2D eigenvalue weighted by Crippen LogP contribution is 2.14. The molecule has 0 bridgehead atoms. The van der Waals surface area contributed by atoms with E-state index in [0.717, 1.165) is 0 Å². The van der Waals surface area contributed by atoms with E-state index < -0.39 is 17.0 Å². The maximum absolute atomic E-state index is 12.0. The highest BCUT2D eigenvalue weighted by molar-refractivity contribution is 5.84. The number of aliphatic carboxylic acids is 1. The van der Waals surface area contributed by atoms with E-state index in [4.69, 9.17) is 0 Å². The van der Waals surface area contributed by atoms with Crippen LogP contribution in [-0.4, -0.2) is 44.3 Å². The fourth-order valence-electron chi connectivity index (χ4n) is 2.63. The van der Waals surface area contributed by atoms with Crippen molar-refractivity contribution in [2.45, 2.75) is 57.8 Å². The third kappa shape index (κ3) is 10.7. The molecule has 1 heterocycles. The number of carboxylic acid groups (broad SMARTS) is 1. The number of aromatic amines is 1. The van der Waals surface area contributed by atoms with Crippen LogP contribution in [0.25, 0.3) is 0 Å². The van der Waals surface area contributed by atoms with Gasteiger partial charge in [-0.05, 0) is 19.3 Å². The summed E-state index contributed by atoms with van der Waals surface area (Å²) in [6.07, 6.45) is 6.14. The number of carbonyl (C=O) groups excluding carboxylic acids is 2. The Hall–Kier alpha value is -2.78. The average molecular weight is 383 g/mol. The van der Waals surface area contributed by atoms with Gasteiger partial charge >= 0.3 is 5.97 Å². The van der Waals surface area contributed by atoms with Crippen molar-refractivity contribution in [3.8, 4) is 0 Å². The number of unbranched alkanes of at least 4 members (excludes halogenated alkanes) is 2. The molecule has 0 saturated carbocycles. The summed E-state index contributed by atoms with van der Waals surface area (Å²) in [5, 5.41) is 18.4. The van der Waals surface area contributed by atoms with Gasteiger partial charge in [0.25, 0.3) is 5.09 Å². The fraction of sp³-hybridized carbons (Fsp3) is 0.647. The van der Waals surface area contributed by atoms with E-state index in [9.17, 15) is 29.6 Å². The lowest BCUT2D eigenvalue weighted by Gasteiger charge is -2.10. The first-order valence-electron chi connectivity index (χ1n) is 8.89. The second kappa shape index (κ2) is 12.6. The van der Waals surface area contributed by atoms with Crippen LogP contribution < -0.4 is 0 Å². The van der Waals surface area contributed by atoms with E-state index in [-0.39, 0.29) is 43.9 Å². The summed E-state index contributed by atoms with van der Waals surface area (Å²) in [7, 11) is 0. The molecule has 0 spiro atoms. The molecule has 0 aliphatic rings. The molecule has 1 rings (SSSR count). The third-order valence-electron chi connectivity index (χ3n) is 4.05. The van der Waals surface area contributed by atoms with Crippen molar-refractivity contribution in [1.82, 2.24) is 9.97 Å². The summed E-state index contributed by atoms with van der Waals surface area (Å²) < 4.78 is 0. The molecule has 0 aromatic carbocycles. The van der Waals surface area contributed by atoms with Gasteiger partial charge in [0.15, 0.2) is 0 Å². The summed E-state index contributed by atoms with van der Waals surface area (Å²) in [6, 6.07) is 0. The normalized spacial score (nSPS) is 11.7. The predicted octanol–water partition coefficient (Wildman–Crippen LogP) is 2.12. The molecular weight excluding hydrogens is 358 g/mol. The molecule has 1 unspecified atom stereocenters. The van der Waals surface area contributed by atoms with Crippen LogP contribution in [0.5, 0.6) is 0 Å². The molecule has 150 valence electrons. The largest absolute Gasteiger partial charge is 0.481 e. The lowest BCUT2D eigenvalue weighted by molar-refractivity contribution is -0.757. The Bertz CT molecular complexity index is 616. The van der Waals surface area contributed by atoms with E-state index in [1.807, 2.05) is 0 Å². The average Bonchev–Trinajstić information content (AvgIpc) is 3.10. The fourth-order valence-corrected chi connectivity index (χ4v) is 2.63. The van der Waals surface area contributed by atoms with Gasteiger partial charge < -0.3 is 14.9 Å². The van der Waals surface area contributed by atoms with Gasteiger partial charge in [-0.15, -0.1) is 10.1 Å². The van der Waals surface area contributed by atoms with Crippen LogP contribution >= 0.6 is 0 Å². The summed E-state index contributed by atoms with van der Waals surface area (Å²) in [6.45, 7) is 0.0268. The van der Waals surface area contributed by atoms with Crippen molar-refractivity contribution in [1.29, 1.82) is 0 Å². The van der Waals surface area contributed by atoms with E-state index in [1.165, 1.54) is 12.5 Å². The van der Waals surface area contributed by atoms with Gasteiger partial charge in [0, 0.05) is 44.0 Å². The zero-order chi connectivity index (χ0) is 20.1. The van der Waals surface area contributed by atoms with Crippen molar-refractivity contribution < 1.29 is 29.4 Å². The first kappa shape index (κ1) is 22.3. The highest BCUT2D eigenvalue weighted by atomic mass is 16.9. The number of imidazole rings is 1. The van der Waals surface area contributed by atoms with Crippen LogP contribution in [0, 0.1) is 16.0 Å². The lowest BCUT2D eigenvalue weighted by Crippen LogP contribution is -2.20. The van der Waals surface area contributed by atoms with Crippen LogP contribution in [0.2, 0.25) is 0 Å². The molecule has 10 nitrogen and oxygen atoms in total. The van der Waals surface area contributed by atoms with Gasteiger partial charge in [-0.25, -0.2) is 4.98 Å². The molecule has 0 fully saturated rings. The van der Waals surface area contributed by atoms with Crippen LogP contribution in [0.3, 0.4) is 0 Å². The standard InChI is InChI=1S/C17H25N3O7/c21-15(5-2-1-3-8-27-20(25)26)6-4-7-16(22)10-13(17(23)24)9-14-11-18-12-19-14/h11-13H,1-10H2,(H,18,19)(H,23,24). The zero-order valence-electron chi connectivity index (χ0n) is 15.1. The number of aromatic nitrogens is 2. The first-order chi connectivity index (χ1) is 12.9. The van der Waals surface area contributed by atoms with E-state index in [0.29, 0.717) is 37.8 Å². The minimum atomic E-state index is -1.03. The topological polar surface area (TPSA) is 152 Å². The molecule has 10 heteroatoms. The lowest BCUT2D eigenvalue weighted by atomic mass is 9.95. The molecule has 0 saturated heterocycles. The Morgan fingerprint density at radius 3 is 2.48 bits per heavy atom. The van der Waals surface area contributed by atoms with Crippen LogP contribution in [0.15, 0.2) is 12.5 Å². The van der Waals surface area contributed by atoms with Crippen molar-refractivity contribution >= 4 is 17.5 Å². The summed E-state index contributed by atoms with van der Waals surface area (Å²) in [4.78, 5) is 55.8. The van der Waals surface area contributed by atoms with Crippen molar-refractivity contribution in [2.24, 2.45) is 5.92 Å². The van der Waals surface area contributed by atoms with Gasteiger partial charge in [-0.2, -0.15) is 0 Å². The third-order valence-corrected chi connectivity index (χ3v) is 4.05. The second-order valence-corrected chi connectivity index (χ2v) is 6.32. The Balaban J connectivity index is 2.15. The molecular formula is C17H25N3O7. The first-order valence-corrected chi connectivity index (χ1v) is 8.89. The second-order valence-electron chi connectivity index (χ2n) is 6.32. The van der Waals surface area contributed by atoms with E-state index in [2.05, 4.69) is 14.8 Å². The van der Waals surface area contributed by atoms with Crippen LogP contribution in [-0.2, 0) is 25.6 Å². The van der Waals surface area contributed by atoms with E-state index >= 15 is 0 Å². The molecule has 0 radical (unpaired) electrons. The number of Topliss-reactive ketones (excluding diaryl/α,β-unsaturated/α-hetero) is 2. The van der Waals surface area contributed by atoms with Gasteiger partial charge in [0.1, 0.15) is 11.6 Å². The minimum absolute atomic E-state index is 0.0268. The Kier molecular flexibility index (Phi) is 10.4. The number of H-pyrrole nitrogens is 1. The van der Waals surface area contributed by atoms with Crippen LogP contribution in [0.1, 0.15) is 57.1 Å². The molecule has 0 aliphatic heterocycles. The number of nitrogens with zero attached hydrogens (tertiary/aromatic N) is 2. The number of carboxylic acids is 1. The summed E-state index contributed by atoms with van der Waals surface area (Å²) in [5.41, 5.74) is 0.661. The SMILES string of the molecule is O=C(CCCCCO[N+](=O)[O-])CCCC(=O)CC(Cc1cnc[nH]1)C(=O)O. The Morgan fingerprint density at radius 1 is 1.15 bits per heavy atom. The number of nitrogens with one attached hydrogen (secondary N) is 1. The highest BCUT2D eigenvalue weighted by Gasteiger charge is 2.22. The molecule has 1 aromatic heterocycles. The molecule has 1 aromatic rings. The van der Waals surface area contributed by atoms with Crippen LogP contribution in [0.4, 0.5) is 0 Å². The summed E-state index contributed by atoms with van der Waals surface area (Å²) in [5.74, 6) is -1.98. The molecule has 27 heavy (non-hydrogen) atoms. The quantitative estimate of drug-likeness (QED) is 0.250. The minimum Gasteiger partial charge on any atom is -0.481 e. The van der Waals surface area contributed by atoms with Gasteiger partial charge in [-0.3, -0.25) is 14.4 Å².